The van der Waals surface area contributed by atoms with Gasteiger partial charge in [-0.25, -0.2) is 12.1 Å². The first-order valence-corrected chi connectivity index (χ1v) is 7.82. The molecule has 3 rings (SSSR count). The van der Waals surface area contributed by atoms with Gasteiger partial charge in [0.15, 0.2) is 0 Å². The molecule has 0 amide bonds. The molecule has 0 aromatic heterocycles. The Morgan fingerprint density at radius 3 is 1.42 bits per heavy atom. The Kier molecular flexibility index (Phi) is 14.5. The predicted molar refractivity (Wildman–Crippen MR) is 100 cm³/mol. The summed E-state index contributed by atoms with van der Waals surface area (Å²) in [5.74, 6) is 0. The Balaban J connectivity index is 0. The van der Waals surface area contributed by atoms with Crippen molar-refractivity contribution in [3.05, 3.63) is 114 Å². The summed E-state index contributed by atoms with van der Waals surface area (Å²) in [6, 6.07) is 30.5. The van der Waals surface area contributed by atoms with E-state index in [-0.39, 0.29) is 46.5 Å². The zero-order valence-corrected chi connectivity index (χ0v) is 18.1. The predicted octanol–water partition coefficient (Wildman–Crippen LogP) is 0.360. The van der Waals surface area contributed by atoms with Crippen LogP contribution in [0.1, 0.15) is 25.0 Å². The van der Waals surface area contributed by atoms with Crippen molar-refractivity contribution in [3.8, 4) is 0 Å². The molecule has 4 heteroatoms. The molecule has 3 aromatic carbocycles. The van der Waals surface area contributed by atoms with Crippen molar-refractivity contribution in [2.75, 3.05) is 0 Å². The van der Waals surface area contributed by atoms with Gasteiger partial charge in [0.1, 0.15) is 0 Å². The quantitative estimate of drug-likeness (QED) is 0.432. The maximum atomic E-state index is 8.08. The molecule has 26 heavy (non-hydrogen) atoms. The summed E-state index contributed by atoms with van der Waals surface area (Å²) in [6.45, 7) is 3.80. The van der Waals surface area contributed by atoms with Gasteiger partial charge in [-0.15, -0.1) is 5.54 Å². The minimum atomic E-state index is -0.582. The van der Waals surface area contributed by atoms with Crippen LogP contribution in [0.15, 0.2) is 97.1 Å². The van der Waals surface area contributed by atoms with E-state index >= 15 is 0 Å². The van der Waals surface area contributed by atoms with Crippen molar-refractivity contribution in [2.45, 2.75) is 19.4 Å². The zero-order valence-electron chi connectivity index (χ0n) is 15.0. The molecule has 0 aliphatic heterocycles. The molecule has 0 atom stereocenters. The van der Waals surface area contributed by atoms with Gasteiger partial charge in [-0.3, -0.25) is 0 Å². The summed E-state index contributed by atoms with van der Waals surface area (Å²) < 4.78 is 0. The van der Waals surface area contributed by atoms with Crippen LogP contribution in [0.5, 0.6) is 0 Å². The molecule has 0 saturated heterocycles. The van der Waals surface area contributed by atoms with Crippen molar-refractivity contribution in [3.63, 3.8) is 0 Å². The van der Waals surface area contributed by atoms with E-state index in [0.717, 1.165) is 16.7 Å². The molecule has 0 radical (unpaired) electrons. The van der Waals surface area contributed by atoms with Gasteiger partial charge >= 0.3 is 21.7 Å². The maximum Gasteiger partial charge on any atom is 4.00 e. The summed E-state index contributed by atoms with van der Waals surface area (Å²) in [5, 5.41) is 0. The molecule has 134 valence electrons. The van der Waals surface area contributed by atoms with Gasteiger partial charge in [-0.2, -0.15) is 18.2 Å². The summed E-state index contributed by atoms with van der Waals surface area (Å²) in [4.78, 5) is 0. The molecule has 0 aliphatic rings. The fourth-order valence-electron chi connectivity index (χ4n) is 2.25. The number of hydrogen-bond acceptors (Lipinski definition) is 0. The molecule has 0 heterocycles. The van der Waals surface area contributed by atoms with Gasteiger partial charge in [0, 0.05) is 0 Å². The second-order valence-electron chi connectivity index (χ2n) is 5.97. The molecule has 3 aromatic rings. The monoisotopic (exact) mass is 419 g/mol. The Morgan fingerprint density at radius 2 is 1.15 bits per heavy atom. The Morgan fingerprint density at radius 1 is 0.769 bits per heavy atom. The van der Waals surface area contributed by atoms with Crippen LogP contribution in [-0.2, 0) is 21.7 Å². The number of rotatable bonds is 3. The second-order valence-corrected chi connectivity index (χ2v) is 5.97. The van der Waals surface area contributed by atoms with E-state index in [0.29, 0.717) is 0 Å². The number of nitrogens with one attached hydrogen (secondary N) is 1. The average Bonchev–Trinajstić information content (AvgIpc) is 3.13. The molecule has 0 saturated carbocycles. The van der Waals surface area contributed by atoms with E-state index in [9.17, 15) is 0 Å². The van der Waals surface area contributed by atoms with Crippen LogP contribution in [0.4, 0.5) is 0 Å². The summed E-state index contributed by atoms with van der Waals surface area (Å²) in [7, 11) is 0. The zero-order chi connectivity index (χ0) is 16.5. The van der Waals surface area contributed by atoms with Crippen LogP contribution in [-0.4, -0.2) is 5.54 Å². The van der Waals surface area contributed by atoms with Gasteiger partial charge in [-0.1, -0.05) is 80.6 Å². The normalized spacial score (nSPS) is 9.19. The minimum absolute atomic E-state index is 0. The van der Waals surface area contributed by atoms with E-state index in [1.54, 1.807) is 0 Å². The van der Waals surface area contributed by atoms with Crippen LogP contribution < -0.4 is 24.8 Å². The standard InChI is InChI=1S/C17H18N.C5H5.2ClH.Ti/c1-17(2,18)13-16(14-9-5-3-6-10-14)15-11-7-4-8-12-15;1-2-4-5-3-1;;;/h3-13,18H,1-2H3;1-5H;2*1H;/q2*-1;;;+4/p-2. The van der Waals surface area contributed by atoms with Gasteiger partial charge < -0.3 is 30.5 Å². The SMILES string of the molecule is CC(C)([NH-])C=C(c1ccccc1)c1ccccc1.[Cl-].[Cl-].[Ti+4].c1cc[cH-]c1. The van der Waals surface area contributed by atoms with Crippen LogP contribution in [0.3, 0.4) is 0 Å². The van der Waals surface area contributed by atoms with E-state index in [2.05, 4.69) is 24.3 Å². The number of benzene rings is 2. The van der Waals surface area contributed by atoms with Crippen molar-refractivity contribution >= 4 is 5.57 Å². The van der Waals surface area contributed by atoms with Crippen molar-refractivity contribution in [1.29, 1.82) is 0 Å². The van der Waals surface area contributed by atoms with E-state index < -0.39 is 5.54 Å². The maximum absolute atomic E-state index is 8.08. The topological polar surface area (TPSA) is 23.8 Å². The van der Waals surface area contributed by atoms with Gasteiger partial charge in [0.05, 0.1) is 0 Å². The summed E-state index contributed by atoms with van der Waals surface area (Å²) >= 11 is 0. The Bertz CT molecular complexity index is 644. The molecule has 0 bridgehead atoms. The third-order valence-corrected chi connectivity index (χ3v) is 3.23. The second kappa shape index (κ2) is 13.9. The van der Waals surface area contributed by atoms with Crippen molar-refractivity contribution < 1.29 is 46.5 Å². The largest absolute Gasteiger partial charge is 4.00 e. The van der Waals surface area contributed by atoms with Crippen molar-refractivity contribution in [2.24, 2.45) is 0 Å². The Hall–Kier alpha value is -1.22. The summed E-state index contributed by atoms with van der Waals surface area (Å²) in [5.41, 5.74) is 10.9. The van der Waals surface area contributed by atoms with Crippen LogP contribution >= 0.6 is 0 Å². The van der Waals surface area contributed by atoms with Crippen LogP contribution in [0, 0.1) is 0 Å². The number of hydrogen-bond donors (Lipinski definition) is 0. The Labute approximate surface area is 184 Å². The van der Waals surface area contributed by atoms with Crippen LogP contribution in [0.25, 0.3) is 11.3 Å². The number of halogens is 2. The molecular formula is C22H23Cl2NTi. The molecule has 0 fully saturated rings. The molecule has 0 unspecified atom stereocenters. The first-order chi connectivity index (χ1) is 11.1. The van der Waals surface area contributed by atoms with Gasteiger partial charge in [0.2, 0.25) is 0 Å². The van der Waals surface area contributed by atoms with Gasteiger partial charge in [-0.05, 0) is 16.7 Å². The minimum Gasteiger partial charge on any atom is -1.00 e. The fraction of sp³-hybridized carbons (Fsp3) is 0.136. The van der Waals surface area contributed by atoms with E-state index in [4.69, 9.17) is 5.73 Å². The first kappa shape index (κ1) is 27.0. The first-order valence-electron chi connectivity index (χ1n) is 7.82. The van der Waals surface area contributed by atoms with Crippen molar-refractivity contribution in [1.82, 2.24) is 0 Å². The summed E-state index contributed by atoms with van der Waals surface area (Å²) in [6.07, 6.45) is 2.01. The van der Waals surface area contributed by atoms with E-state index in [1.807, 2.05) is 86.7 Å². The smallest absolute Gasteiger partial charge is 1.00 e. The fourth-order valence-corrected chi connectivity index (χ4v) is 2.25. The van der Waals surface area contributed by atoms with Crippen LogP contribution in [0.2, 0.25) is 0 Å². The van der Waals surface area contributed by atoms with Gasteiger partial charge in [0.25, 0.3) is 0 Å². The molecule has 0 spiro atoms. The van der Waals surface area contributed by atoms with E-state index in [1.165, 1.54) is 0 Å². The average molecular weight is 420 g/mol. The molecule has 1 nitrogen and oxygen atoms in total. The molecule has 1 N–H and O–H groups in total. The third-order valence-electron chi connectivity index (χ3n) is 3.23. The molecule has 0 aliphatic carbocycles. The third kappa shape index (κ3) is 10.1. The molecular weight excluding hydrogens is 397 g/mol.